The molecule has 0 aliphatic heterocycles. The lowest BCUT2D eigenvalue weighted by Gasteiger charge is -2.33. The molecule has 1 unspecified atom stereocenters. The summed E-state index contributed by atoms with van der Waals surface area (Å²) in [5.41, 5.74) is 2.99. The molecule has 0 saturated heterocycles. The van der Waals surface area contributed by atoms with Crippen LogP contribution in [0.15, 0.2) is 54.6 Å². The van der Waals surface area contributed by atoms with Gasteiger partial charge in [0.25, 0.3) is 0 Å². The number of rotatable bonds is 10. The number of aliphatic hydroxyl groups excluding tert-OH is 1. The van der Waals surface area contributed by atoms with Crippen molar-refractivity contribution in [3.05, 3.63) is 65.7 Å². The molecule has 2 rings (SSSR count). The number of hydrogen-bond donors (Lipinski definition) is 1. The minimum absolute atomic E-state index is 0.120. The molecule has 3 heteroatoms. The average Bonchev–Trinajstić information content (AvgIpc) is 2.65. The monoisotopic (exact) mass is 397 g/mol. The van der Waals surface area contributed by atoms with Crippen molar-refractivity contribution in [1.29, 1.82) is 0 Å². The van der Waals surface area contributed by atoms with Crippen LogP contribution in [0.1, 0.15) is 59.1 Å². The lowest BCUT2D eigenvalue weighted by Crippen LogP contribution is -2.35. The molecule has 0 aliphatic carbocycles. The number of nitrogens with zero attached hydrogens (tertiary/aromatic N) is 1. The maximum Gasteiger partial charge on any atom is 0.119 e. The molecule has 29 heavy (non-hydrogen) atoms. The maximum atomic E-state index is 10.4. The molecule has 2 aromatic carbocycles. The smallest absolute Gasteiger partial charge is 0.119 e. The summed E-state index contributed by atoms with van der Waals surface area (Å²) < 4.78 is 5.86. The van der Waals surface area contributed by atoms with Gasteiger partial charge in [-0.3, -0.25) is 4.90 Å². The van der Waals surface area contributed by atoms with Crippen LogP contribution in [0.5, 0.6) is 5.75 Å². The number of aliphatic hydroxyl groups is 1. The second-order valence-corrected chi connectivity index (χ2v) is 9.92. The van der Waals surface area contributed by atoms with Crippen LogP contribution in [0.25, 0.3) is 0 Å². The van der Waals surface area contributed by atoms with Gasteiger partial charge in [-0.15, -0.1) is 0 Å². The third-order valence-electron chi connectivity index (χ3n) is 5.22. The number of hydrogen-bond acceptors (Lipinski definition) is 3. The lowest BCUT2D eigenvalue weighted by atomic mass is 9.72. The van der Waals surface area contributed by atoms with Crippen molar-refractivity contribution in [2.75, 3.05) is 19.7 Å². The number of benzene rings is 2. The van der Waals surface area contributed by atoms with E-state index in [9.17, 15) is 5.11 Å². The van der Waals surface area contributed by atoms with E-state index in [0.717, 1.165) is 25.3 Å². The van der Waals surface area contributed by atoms with Gasteiger partial charge in [-0.05, 0) is 47.1 Å². The van der Waals surface area contributed by atoms with Crippen LogP contribution >= 0.6 is 0 Å². The van der Waals surface area contributed by atoms with Gasteiger partial charge in [-0.2, -0.15) is 0 Å². The summed E-state index contributed by atoms with van der Waals surface area (Å²) in [5, 5.41) is 10.4. The topological polar surface area (TPSA) is 32.7 Å². The van der Waals surface area contributed by atoms with Crippen molar-refractivity contribution in [1.82, 2.24) is 4.90 Å². The Morgan fingerprint density at radius 2 is 1.55 bits per heavy atom. The largest absolute Gasteiger partial charge is 0.491 e. The molecule has 1 N–H and O–H groups in total. The first-order chi connectivity index (χ1) is 13.6. The van der Waals surface area contributed by atoms with Gasteiger partial charge in [0.2, 0.25) is 0 Å². The lowest BCUT2D eigenvalue weighted by molar-refractivity contribution is 0.0674. The van der Waals surface area contributed by atoms with Crippen LogP contribution in [-0.4, -0.2) is 35.8 Å². The van der Waals surface area contributed by atoms with Gasteiger partial charge in [0.05, 0.1) is 0 Å². The van der Waals surface area contributed by atoms with Gasteiger partial charge in [0.15, 0.2) is 0 Å². The van der Waals surface area contributed by atoms with E-state index < -0.39 is 6.10 Å². The van der Waals surface area contributed by atoms with Crippen molar-refractivity contribution in [2.45, 2.75) is 66.0 Å². The van der Waals surface area contributed by atoms with Crippen molar-refractivity contribution >= 4 is 0 Å². The molecule has 3 nitrogen and oxygen atoms in total. The molecule has 0 spiro atoms. The molecule has 0 fully saturated rings. The third kappa shape index (κ3) is 8.20. The van der Waals surface area contributed by atoms with E-state index in [1.165, 1.54) is 11.1 Å². The van der Waals surface area contributed by atoms with Crippen molar-refractivity contribution < 1.29 is 9.84 Å². The van der Waals surface area contributed by atoms with Gasteiger partial charge in [0, 0.05) is 13.1 Å². The summed E-state index contributed by atoms with van der Waals surface area (Å²) in [5.74, 6) is 0.811. The SMILES string of the molecule is CCN(Cc1ccccc1)CC(O)COc1ccc(C(C)(C)CC(C)(C)C)cc1. The van der Waals surface area contributed by atoms with Crippen LogP contribution in [0.4, 0.5) is 0 Å². The van der Waals surface area contributed by atoms with Gasteiger partial charge < -0.3 is 9.84 Å². The highest BCUT2D eigenvalue weighted by Gasteiger charge is 2.27. The molecule has 0 heterocycles. The standard InChI is InChI=1S/C26H39NO2/c1-7-27(17-21-11-9-8-10-12-21)18-23(28)19-29-24-15-13-22(14-16-24)26(5,6)20-25(2,3)4/h8-16,23,28H,7,17-20H2,1-6H3. The molecule has 0 amide bonds. The maximum absolute atomic E-state index is 10.4. The minimum atomic E-state index is -0.518. The predicted octanol–water partition coefficient (Wildman–Crippen LogP) is 5.66. The van der Waals surface area contributed by atoms with Gasteiger partial charge in [-0.25, -0.2) is 0 Å². The molecule has 0 saturated carbocycles. The van der Waals surface area contributed by atoms with Crippen LogP contribution in [-0.2, 0) is 12.0 Å². The summed E-state index contributed by atoms with van der Waals surface area (Å²) in [7, 11) is 0. The predicted molar refractivity (Wildman–Crippen MR) is 122 cm³/mol. The fourth-order valence-corrected chi connectivity index (χ4v) is 4.12. The van der Waals surface area contributed by atoms with Gasteiger partial charge in [-0.1, -0.05) is 84.0 Å². The molecule has 0 aromatic heterocycles. The molecule has 0 aliphatic rings. The molecule has 2 aromatic rings. The minimum Gasteiger partial charge on any atom is -0.491 e. The highest BCUT2D eigenvalue weighted by molar-refractivity contribution is 5.31. The second kappa shape index (κ2) is 10.3. The molecular formula is C26H39NO2. The highest BCUT2D eigenvalue weighted by atomic mass is 16.5. The van der Waals surface area contributed by atoms with Gasteiger partial charge >= 0.3 is 0 Å². The van der Waals surface area contributed by atoms with E-state index in [1.54, 1.807) is 0 Å². The van der Waals surface area contributed by atoms with E-state index in [0.29, 0.717) is 13.2 Å². The van der Waals surface area contributed by atoms with Crippen LogP contribution in [0, 0.1) is 5.41 Å². The normalized spacial score (nSPS) is 13.5. The number of likely N-dealkylation sites (N-methyl/N-ethyl adjacent to an activating group) is 1. The summed E-state index contributed by atoms with van der Waals surface area (Å²) in [4.78, 5) is 2.24. The zero-order valence-electron chi connectivity index (χ0n) is 19.1. The first kappa shape index (κ1) is 23.4. The zero-order valence-corrected chi connectivity index (χ0v) is 19.1. The fraction of sp³-hybridized carbons (Fsp3) is 0.538. The molecule has 1 atom stereocenters. The first-order valence-electron chi connectivity index (χ1n) is 10.8. The Hall–Kier alpha value is -1.84. The summed E-state index contributed by atoms with van der Waals surface area (Å²) in [6.45, 7) is 16.2. The quantitative estimate of drug-likeness (QED) is 0.561. The molecular weight excluding hydrogens is 358 g/mol. The Balaban J connectivity index is 1.85. The molecule has 0 radical (unpaired) electrons. The first-order valence-corrected chi connectivity index (χ1v) is 10.8. The fourth-order valence-electron chi connectivity index (χ4n) is 4.12. The Morgan fingerprint density at radius 3 is 2.10 bits per heavy atom. The Bertz CT molecular complexity index is 717. The average molecular weight is 398 g/mol. The van der Waals surface area contributed by atoms with Crippen LogP contribution < -0.4 is 4.74 Å². The Labute approximate surface area is 177 Å². The number of ether oxygens (including phenoxy) is 1. The van der Waals surface area contributed by atoms with Crippen molar-refractivity contribution in [3.63, 3.8) is 0 Å². The van der Waals surface area contributed by atoms with E-state index in [-0.39, 0.29) is 10.8 Å². The van der Waals surface area contributed by atoms with E-state index in [1.807, 2.05) is 18.2 Å². The summed E-state index contributed by atoms with van der Waals surface area (Å²) >= 11 is 0. The van der Waals surface area contributed by atoms with E-state index in [2.05, 4.69) is 82.8 Å². The summed E-state index contributed by atoms with van der Waals surface area (Å²) in [6, 6.07) is 18.7. The summed E-state index contributed by atoms with van der Waals surface area (Å²) in [6.07, 6.45) is 0.600. The Kier molecular flexibility index (Phi) is 8.30. The second-order valence-electron chi connectivity index (χ2n) is 9.92. The Morgan fingerprint density at radius 1 is 0.931 bits per heavy atom. The third-order valence-corrected chi connectivity index (χ3v) is 5.22. The van der Waals surface area contributed by atoms with E-state index in [4.69, 9.17) is 4.74 Å². The zero-order chi connectivity index (χ0) is 21.5. The van der Waals surface area contributed by atoms with Crippen molar-refractivity contribution in [3.8, 4) is 5.75 Å². The molecule has 160 valence electrons. The van der Waals surface area contributed by atoms with E-state index >= 15 is 0 Å². The highest BCUT2D eigenvalue weighted by Crippen LogP contribution is 2.36. The van der Waals surface area contributed by atoms with Crippen LogP contribution in [0.3, 0.4) is 0 Å². The van der Waals surface area contributed by atoms with Gasteiger partial charge in [0.1, 0.15) is 18.5 Å². The van der Waals surface area contributed by atoms with Crippen LogP contribution in [0.2, 0.25) is 0 Å². The van der Waals surface area contributed by atoms with Crippen molar-refractivity contribution in [2.24, 2.45) is 5.41 Å². The molecule has 0 bridgehead atoms.